The van der Waals surface area contributed by atoms with E-state index in [2.05, 4.69) is 5.32 Å². The molecule has 0 saturated carbocycles. The average Bonchev–Trinajstić information content (AvgIpc) is 2.55. The van der Waals surface area contributed by atoms with Gasteiger partial charge in [0.1, 0.15) is 0 Å². The molecule has 0 unspecified atom stereocenters. The van der Waals surface area contributed by atoms with E-state index >= 15 is 0 Å². The van der Waals surface area contributed by atoms with Crippen LogP contribution in [0.15, 0.2) is 59.5 Å². The second-order valence-corrected chi connectivity index (χ2v) is 6.28. The molecule has 5 heteroatoms. The molecule has 120 valence electrons. The van der Waals surface area contributed by atoms with Crippen LogP contribution in [0, 0.1) is 0 Å². The lowest BCUT2D eigenvalue weighted by Gasteiger charge is -2.25. The van der Waals surface area contributed by atoms with Crippen molar-refractivity contribution in [2.75, 3.05) is 11.6 Å². The van der Waals surface area contributed by atoms with Gasteiger partial charge in [-0.1, -0.05) is 42.5 Å². The lowest BCUT2D eigenvalue weighted by molar-refractivity contribution is -0.145. The molecule has 2 aromatic rings. The molecule has 0 aliphatic heterocycles. The van der Waals surface area contributed by atoms with Crippen molar-refractivity contribution in [3.8, 4) is 0 Å². The van der Waals surface area contributed by atoms with Gasteiger partial charge in [-0.3, -0.25) is 9.59 Å². The van der Waals surface area contributed by atoms with E-state index in [9.17, 15) is 14.7 Å². The van der Waals surface area contributed by atoms with E-state index in [0.29, 0.717) is 11.3 Å². The molecule has 4 nitrogen and oxygen atoms in total. The summed E-state index contributed by atoms with van der Waals surface area (Å²) >= 11 is 1.53. The quantitative estimate of drug-likeness (QED) is 0.792. The van der Waals surface area contributed by atoms with Gasteiger partial charge in [0.25, 0.3) is 0 Å². The Balaban J connectivity index is 2.21. The highest BCUT2D eigenvalue weighted by atomic mass is 32.2. The first-order valence-corrected chi connectivity index (χ1v) is 8.41. The zero-order chi connectivity index (χ0) is 16.9. The minimum Gasteiger partial charge on any atom is -0.481 e. The van der Waals surface area contributed by atoms with Crippen molar-refractivity contribution < 1.29 is 14.7 Å². The highest BCUT2D eigenvalue weighted by Crippen LogP contribution is 2.30. The van der Waals surface area contributed by atoms with Gasteiger partial charge < -0.3 is 10.4 Å². The Morgan fingerprint density at radius 2 is 1.70 bits per heavy atom. The normalized spacial score (nSPS) is 13.1. The van der Waals surface area contributed by atoms with Gasteiger partial charge in [0.15, 0.2) is 0 Å². The van der Waals surface area contributed by atoms with Crippen molar-refractivity contribution >= 4 is 29.3 Å². The first-order chi connectivity index (χ1) is 11.0. The Labute approximate surface area is 139 Å². The molecule has 23 heavy (non-hydrogen) atoms. The number of benzene rings is 2. The number of nitrogens with one attached hydrogen (secondary N) is 1. The van der Waals surface area contributed by atoms with Crippen LogP contribution in [-0.2, 0) is 15.0 Å². The number of amides is 1. The van der Waals surface area contributed by atoms with Crippen LogP contribution in [0.4, 0.5) is 5.69 Å². The van der Waals surface area contributed by atoms with Crippen LogP contribution in [0.3, 0.4) is 0 Å². The smallest absolute Gasteiger partial charge is 0.314 e. The maximum absolute atomic E-state index is 12.4. The number of rotatable bonds is 6. The SMILES string of the molecule is CSc1ccccc1NC(=O)C[C@](C)(C(=O)O)c1ccccc1. The summed E-state index contributed by atoms with van der Waals surface area (Å²) in [4.78, 5) is 25.1. The molecule has 2 aromatic carbocycles. The van der Waals surface area contributed by atoms with Crippen LogP contribution in [0.1, 0.15) is 18.9 Å². The third-order valence-corrected chi connectivity index (χ3v) is 4.57. The van der Waals surface area contributed by atoms with Crippen molar-refractivity contribution in [2.24, 2.45) is 0 Å². The van der Waals surface area contributed by atoms with Gasteiger partial charge in [-0.15, -0.1) is 11.8 Å². The molecule has 2 rings (SSSR count). The highest BCUT2D eigenvalue weighted by molar-refractivity contribution is 7.98. The fourth-order valence-corrected chi connectivity index (χ4v) is 2.92. The van der Waals surface area contributed by atoms with Crippen LogP contribution in [0.2, 0.25) is 0 Å². The number of para-hydroxylation sites is 1. The summed E-state index contributed by atoms with van der Waals surface area (Å²) in [5, 5.41) is 12.4. The molecular formula is C18H19NO3S. The van der Waals surface area contributed by atoms with E-state index in [1.54, 1.807) is 31.2 Å². The second-order valence-electron chi connectivity index (χ2n) is 5.43. The van der Waals surface area contributed by atoms with Gasteiger partial charge >= 0.3 is 5.97 Å². The van der Waals surface area contributed by atoms with E-state index in [-0.39, 0.29) is 12.3 Å². The number of anilines is 1. The number of carboxylic acids is 1. The summed E-state index contributed by atoms with van der Waals surface area (Å²) in [5.41, 5.74) is 0.0474. The predicted octanol–water partition coefficient (Wildman–Crippen LogP) is 3.78. The summed E-state index contributed by atoms with van der Waals surface area (Å²) in [6, 6.07) is 16.3. The van der Waals surface area contributed by atoms with Gasteiger partial charge in [0.05, 0.1) is 11.1 Å². The maximum Gasteiger partial charge on any atom is 0.314 e. The number of aliphatic carboxylic acids is 1. The predicted molar refractivity (Wildman–Crippen MR) is 92.9 cm³/mol. The zero-order valence-corrected chi connectivity index (χ0v) is 13.9. The standard InChI is InChI=1S/C18H19NO3S/c1-18(17(21)22,13-8-4-3-5-9-13)12-16(20)19-14-10-6-7-11-15(14)23-2/h3-11H,12H2,1-2H3,(H,19,20)(H,21,22)/t18-/m0/s1. The lowest BCUT2D eigenvalue weighted by Crippen LogP contribution is -2.36. The molecule has 2 N–H and O–H groups in total. The third-order valence-electron chi connectivity index (χ3n) is 3.78. The Morgan fingerprint density at radius 1 is 1.09 bits per heavy atom. The molecule has 0 aromatic heterocycles. The van der Waals surface area contributed by atoms with Gasteiger partial charge in [0, 0.05) is 11.3 Å². The molecule has 0 fully saturated rings. The van der Waals surface area contributed by atoms with Crippen molar-refractivity contribution in [3.63, 3.8) is 0 Å². The van der Waals surface area contributed by atoms with E-state index in [0.717, 1.165) is 4.90 Å². The Morgan fingerprint density at radius 3 is 2.30 bits per heavy atom. The molecule has 0 radical (unpaired) electrons. The monoisotopic (exact) mass is 329 g/mol. The third kappa shape index (κ3) is 3.93. The summed E-state index contributed by atoms with van der Waals surface area (Å²) in [7, 11) is 0. The number of carbonyl (C=O) groups is 2. The number of carboxylic acid groups (broad SMARTS) is 1. The number of hydrogen-bond donors (Lipinski definition) is 2. The molecular weight excluding hydrogens is 310 g/mol. The molecule has 0 heterocycles. The minimum atomic E-state index is -1.26. The van der Waals surface area contributed by atoms with Crippen molar-refractivity contribution in [3.05, 3.63) is 60.2 Å². The molecule has 1 amide bonds. The van der Waals surface area contributed by atoms with E-state index < -0.39 is 11.4 Å². The van der Waals surface area contributed by atoms with Crippen molar-refractivity contribution in [1.29, 1.82) is 0 Å². The Kier molecular flexibility index (Phi) is 5.45. The van der Waals surface area contributed by atoms with E-state index in [1.807, 2.05) is 36.6 Å². The zero-order valence-electron chi connectivity index (χ0n) is 13.1. The molecule has 0 bridgehead atoms. The molecule has 0 aliphatic carbocycles. The van der Waals surface area contributed by atoms with Crippen LogP contribution < -0.4 is 5.32 Å². The minimum absolute atomic E-state index is 0.130. The van der Waals surface area contributed by atoms with Gasteiger partial charge in [-0.2, -0.15) is 0 Å². The average molecular weight is 329 g/mol. The maximum atomic E-state index is 12.4. The van der Waals surface area contributed by atoms with Crippen LogP contribution in [-0.4, -0.2) is 23.2 Å². The molecule has 0 aliphatic rings. The van der Waals surface area contributed by atoms with Gasteiger partial charge in [0.2, 0.25) is 5.91 Å². The van der Waals surface area contributed by atoms with E-state index in [1.165, 1.54) is 11.8 Å². The number of hydrogen-bond acceptors (Lipinski definition) is 3. The molecule has 0 spiro atoms. The first-order valence-electron chi connectivity index (χ1n) is 7.19. The van der Waals surface area contributed by atoms with Crippen molar-refractivity contribution in [1.82, 2.24) is 0 Å². The second kappa shape index (κ2) is 7.33. The fourth-order valence-electron chi connectivity index (χ4n) is 2.37. The van der Waals surface area contributed by atoms with E-state index in [4.69, 9.17) is 0 Å². The summed E-state index contributed by atoms with van der Waals surface area (Å²) in [5.74, 6) is -1.34. The summed E-state index contributed by atoms with van der Waals surface area (Å²) in [6.45, 7) is 1.57. The fraction of sp³-hybridized carbons (Fsp3) is 0.222. The van der Waals surface area contributed by atoms with Crippen LogP contribution >= 0.6 is 11.8 Å². The van der Waals surface area contributed by atoms with Gasteiger partial charge in [-0.25, -0.2) is 0 Å². The first kappa shape index (κ1) is 17.1. The summed E-state index contributed by atoms with van der Waals surface area (Å²) < 4.78 is 0. The molecule has 0 saturated heterocycles. The highest BCUT2D eigenvalue weighted by Gasteiger charge is 2.37. The lowest BCUT2D eigenvalue weighted by atomic mass is 9.79. The molecule has 1 atom stereocenters. The van der Waals surface area contributed by atoms with Crippen LogP contribution in [0.5, 0.6) is 0 Å². The van der Waals surface area contributed by atoms with Gasteiger partial charge in [-0.05, 0) is 30.9 Å². The summed E-state index contributed by atoms with van der Waals surface area (Å²) in [6.07, 6.45) is 1.80. The Hall–Kier alpha value is -2.27. The Bertz CT molecular complexity index is 702. The van der Waals surface area contributed by atoms with Crippen molar-refractivity contribution in [2.45, 2.75) is 23.7 Å². The number of carbonyl (C=O) groups excluding carboxylic acids is 1. The topological polar surface area (TPSA) is 66.4 Å². The number of thioether (sulfide) groups is 1. The van der Waals surface area contributed by atoms with Crippen LogP contribution in [0.25, 0.3) is 0 Å². The largest absolute Gasteiger partial charge is 0.481 e.